The smallest absolute Gasteiger partial charge is 0.223 e. The second-order valence-electron chi connectivity index (χ2n) is 4.39. The third kappa shape index (κ3) is 5.69. The molecule has 0 spiro atoms. The van der Waals surface area contributed by atoms with Crippen LogP contribution in [-0.4, -0.2) is 49.4 Å². The van der Waals surface area contributed by atoms with Gasteiger partial charge in [-0.05, 0) is 13.8 Å². The van der Waals surface area contributed by atoms with Gasteiger partial charge in [-0.2, -0.15) is 0 Å². The summed E-state index contributed by atoms with van der Waals surface area (Å²) >= 11 is 0. The predicted octanol–water partition coefficient (Wildman–Crippen LogP) is 0.392. The topological polar surface area (TPSA) is 61.4 Å². The van der Waals surface area contributed by atoms with Gasteiger partial charge in [-0.3, -0.25) is 9.59 Å². The number of amides is 2. The summed E-state index contributed by atoms with van der Waals surface area (Å²) in [5.74, 6) is 0.616. The first-order chi connectivity index (χ1) is 8.17. The van der Waals surface area contributed by atoms with Gasteiger partial charge in [0.05, 0.1) is 0 Å². The fraction of sp³-hybridized carbons (Fsp3) is 0.833. The van der Waals surface area contributed by atoms with Crippen molar-refractivity contribution >= 4 is 24.2 Å². The summed E-state index contributed by atoms with van der Waals surface area (Å²) in [5.41, 5.74) is 0. The molecule has 0 bridgehead atoms. The molecule has 1 rings (SSSR count). The highest BCUT2D eigenvalue weighted by Crippen LogP contribution is 2.01. The summed E-state index contributed by atoms with van der Waals surface area (Å²) < 4.78 is 0. The van der Waals surface area contributed by atoms with Crippen LogP contribution < -0.4 is 10.6 Å². The first kappa shape index (κ1) is 17.2. The van der Waals surface area contributed by atoms with Crippen LogP contribution in [0.15, 0.2) is 0 Å². The number of hydrogen-bond donors (Lipinski definition) is 2. The van der Waals surface area contributed by atoms with Crippen molar-refractivity contribution in [1.82, 2.24) is 15.5 Å². The van der Waals surface area contributed by atoms with Gasteiger partial charge in [0.25, 0.3) is 0 Å². The van der Waals surface area contributed by atoms with Crippen LogP contribution in [0.3, 0.4) is 0 Å². The predicted molar refractivity (Wildman–Crippen MR) is 73.8 cm³/mol. The van der Waals surface area contributed by atoms with Crippen LogP contribution in [0.25, 0.3) is 0 Å². The fourth-order valence-electron chi connectivity index (χ4n) is 1.79. The highest BCUT2D eigenvalue weighted by atomic mass is 35.5. The molecule has 0 aliphatic carbocycles. The number of carbonyl (C=O) groups excluding carboxylic acids is 2. The Labute approximate surface area is 115 Å². The van der Waals surface area contributed by atoms with E-state index >= 15 is 0 Å². The zero-order valence-corrected chi connectivity index (χ0v) is 12.0. The van der Waals surface area contributed by atoms with Crippen molar-refractivity contribution in [2.75, 3.05) is 32.7 Å². The van der Waals surface area contributed by atoms with E-state index in [1.54, 1.807) is 4.90 Å². The second kappa shape index (κ2) is 9.16. The molecule has 1 aliphatic rings. The third-order valence-corrected chi connectivity index (χ3v) is 3.14. The first-order valence-corrected chi connectivity index (χ1v) is 6.42. The summed E-state index contributed by atoms with van der Waals surface area (Å²) in [7, 11) is 0. The van der Waals surface area contributed by atoms with Crippen molar-refractivity contribution in [3.8, 4) is 0 Å². The maximum Gasteiger partial charge on any atom is 0.223 e. The number of nitrogens with one attached hydrogen (secondary N) is 2. The molecule has 6 heteroatoms. The van der Waals surface area contributed by atoms with Crippen LogP contribution in [0.5, 0.6) is 0 Å². The summed E-state index contributed by atoms with van der Waals surface area (Å²) in [4.78, 5) is 24.9. The minimum atomic E-state index is -0.0163. The molecule has 0 aromatic carbocycles. The van der Waals surface area contributed by atoms with Crippen molar-refractivity contribution in [2.45, 2.75) is 26.7 Å². The maximum atomic E-state index is 11.7. The average molecular weight is 278 g/mol. The van der Waals surface area contributed by atoms with E-state index in [9.17, 15) is 9.59 Å². The van der Waals surface area contributed by atoms with Crippen molar-refractivity contribution in [3.05, 3.63) is 0 Å². The van der Waals surface area contributed by atoms with Gasteiger partial charge in [-0.15, -0.1) is 12.4 Å². The van der Waals surface area contributed by atoms with E-state index in [1.807, 2.05) is 13.8 Å². The Morgan fingerprint density at radius 2 is 1.83 bits per heavy atom. The van der Waals surface area contributed by atoms with Crippen LogP contribution in [0, 0.1) is 5.92 Å². The molecule has 0 aromatic heterocycles. The van der Waals surface area contributed by atoms with Crippen molar-refractivity contribution < 1.29 is 9.59 Å². The molecule has 1 aliphatic heterocycles. The van der Waals surface area contributed by atoms with Crippen molar-refractivity contribution in [3.63, 3.8) is 0 Å². The Morgan fingerprint density at radius 3 is 2.28 bits per heavy atom. The highest BCUT2D eigenvalue weighted by Gasteiger charge is 2.17. The Morgan fingerprint density at radius 1 is 1.22 bits per heavy atom. The van der Waals surface area contributed by atoms with E-state index in [4.69, 9.17) is 0 Å². The van der Waals surface area contributed by atoms with Gasteiger partial charge in [-0.25, -0.2) is 0 Å². The molecule has 1 saturated heterocycles. The molecular formula is C12H24ClN3O2. The average Bonchev–Trinajstić information content (AvgIpc) is 2.26. The molecule has 2 N–H and O–H groups in total. The Kier molecular flexibility index (Phi) is 8.75. The Bertz CT molecular complexity index is 266. The number of nitrogens with zero attached hydrogens (tertiary/aromatic N) is 1. The molecular weight excluding hydrogens is 254 g/mol. The van der Waals surface area contributed by atoms with E-state index in [2.05, 4.69) is 10.6 Å². The lowest BCUT2D eigenvalue weighted by molar-refractivity contribution is -0.133. The molecule has 106 valence electrons. The largest absolute Gasteiger partial charge is 0.356 e. The molecule has 0 saturated carbocycles. The molecule has 0 aromatic rings. The molecule has 5 nitrogen and oxygen atoms in total. The minimum Gasteiger partial charge on any atom is -0.356 e. The SMILES string of the molecule is CCN(CC)C(=O)CCC(=O)NCC1CNC1.Cl. The highest BCUT2D eigenvalue weighted by molar-refractivity contribution is 5.85. The molecule has 1 fully saturated rings. The second-order valence-corrected chi connectivity index (χ2v) is 4.39. The lowest BCUT2D eigenvalue weighted by atomic mass is 10.0. The van der Waals surface area contributed by atoms with Gasteiger partial charge in [0, 0.05) is 51.5 Å². The number of carbonyl (C=O) groups is 2. The number of halogens is 1. The van der Waals surface area contributed by atoms with Gasteiger partial charge in [-0.1, -0.05) is 0 Å². The Balaban J connectivity index is 0.00000289. The van der Waals surface area contributed by atoms with Gasteiger partial charge >= 0.3 is 0 Å². The van der Waals surface area contributed by atoms with Crippen LogP contribution in [0.1, 0.15) is 26.7 Å². The zero-order valence-electron chi connectivity index (χ0n) is 11.2. The van der Waals surface area contributed by atoms with Gasteiger partial charge in [0.1, 0.15) is 0 Å². The van der Waals surface area contributed by atoms with Gasteiger partial charge in [0.15, 0.2) is 0 Å². The van der Waals surface area contributed by atoms with E-state index in [0.29, 0.717) is 31.8 Å². The zero-order chi connectivity index (χ0) is 12.7. The molecule has 0 atom stereocenters. The lowest BCUT2D eigenvalue weighted by Crippen LogP contribution is -2.48. The molecule has 1 heterocycles. The van der Waals surface area contributed by atoms with Gasteiger partial charge in [0.2, 0.25) is 11.8 Å². The van der Waals surface area contributed by atoms with E-state index in [0.717, 1.165) is 19.6 Å². The lowest BCUT2D eigenvalue weighted by Gasteiger charge is -2.27. The fourth-order valence-corrected chi connectivity index (χ4v) is 1.79. The first-order valence-electron chi connectivity index (χ1n) is 6.42. The summed E-state index contributed by atoms with van der Waals surface area (Å²) in [6.45, 7) is 8.02. The quantitative estimate of drug-likeness (QED) is 0.708. The van der Waals surface area contributed by atoms with Crippen molar-refractivity contribution in [2.24, 2.45) is 5.92 Å². The molecule has 0 radical (unpaired) electrons. The van der Waals surface area contributed by atoms with Crippen LogP contribution in [-0.2, 0) is 9.59 Å². The van der Waals surface area contributed by atoms with E-state index in [1.165, 1.54) is 0 Å². The summed E-state index contributed by atoms with van der Waals surface area (Å²) in [6, 6.07) is 0. The van der Waals surface area contributed by atoms with Crippen LogP contribution in [0.2, 0.25) is 0 Å². The van der Waals surface area contributed by atoms with Gasteiger partial charge < -0.3 is 15.5 Å². The Hall–Kier alpha value is -0.810. The normalized spacial score (nSPS) is 14.3. The molecule has 0 unspecified atom stereocenters. The molecule has 18 heavy (non-hydrogen) atoms. The standard InChI is InChI=1S/C12H23N3O2.ClH/c1-3-15(4-2)12(17)6-5-11(16)14-9-10-7-13-8-10;/h10,13H,3-9H2,1-2H3,(H,14,16);1H. The van der Waals surface area contributed by atoms with Crippen molar-refractivity contribution in [1.29, 1.82) is 0 Å². The summed E-state index contributed by atoms with van der Waals surface area (Å²) in [6.07, 6.45) is 0.617. The maximum absolute atomic E-state index is 11.7. The number of rotatable bonds is 7. The third-order valence-electron chi connectivity index (χ3n) is 3.14. The van der Waals surface area contributed by atoms with Crippen LogP contribution in [0.4, 0.5) is 0 Å². The van der Waals surface area contributed by atoms with E-state index in [-0.39, 0.29) is 24.2 Å². The monoisotopic (exact) mass is 277 g/mol. The van der Waals surface area contributed by atoms with Crippen LogP contribution >= 0.6 is 12.4 Å². The number of hydrogen-bond acceptors (Lipinski definition) is 3. The molecule has 2 amide bonds. The summed E-state index contributed by atoms with van der Waals surface area (Å²) in [5, 5.41) is 6.02. The minimum absolute atomic E-state index is 0. The van der Waals surface area contributed by atoms with E-state index < -0.39 is 0 Å².